The van der Waals surface area contributed by atoms with Crippen molar-refractivity contribution in [3.63, 3.8) is 0 Å². The number of rotatable bonds is 3. The third kappa shape index (κ3) is 3.98. The van der Waals surface area contributed by atoms with E-state index in [1.165, 1.54) is 19.9 Å². The van der Waals surface area contributed by atoms with Gasteiger partial charge in [-0.25, -0.2) is 4.79 Å². The molecule has 0 saturated heterocycles. The molecule has 18 heavy (non-hydrogen) atoms. The Morgan fingerprint density at radius 3 is 2.50 bits per heavy atom. The summed E-state index contributed by atoms with van der Waals surface area (Å²) in [6.07, 6.45) is 3.56. The highest BCUT2D eigenvalue weighted by atomic mass is 16.2. The molecule has 5 heteroatoms. The molecule has 4 unspecified atom stereocenters. The molecule has 0 heterocycles. The van der Waals surface area contributed by atoms with Gasteiger partial charge in [-0.3, -0.25) is 10.1 Å². The average molecular weight is 255 g/mol. The van der Waals surface area contributed by atoms with Gasteiger partial charge in [0.2, 0.25) is 5.91 Å². The third-order valence-electron chi connectivity index (χ3n) is 4.03. The summed E-state index contributed by atoms with van der Waals surface area (Å²) < 4.78 is 0. The van der Waals surface area contributed by atoms with Crippen molar-refractivity contribution in [2.75, 3.05) is 7.05 Å². The van der Waals surface area contributed by atoms with E-state index in [0.29, 0.717) is 17.9 Å². The lowest BCUT2D eigenvalue weighted by Crippen LogP contribution is -2.52. The molecule has 1 aliphatic carbocycles. The Kier molecular flexibility index (Phi) is 5.59. The summed E-state index contributed by atoms with van der Waals surface area (Å²) in [6, 6.07) is -0.446. The first-order valence-corrected chi connectivity index (χ1v) is 6.74. The van der Waals surface area contributed by atoms with Gasteiger partial charge in [-0.15, -0.1) is 0 Å². The second-order valence-electron chi connectivity index (χ2n) is 5.33. The summed E-state index contributed by atoms with van der Waals surface area (Å²) in [5, 5.41) is 8.00. The number of amides is 3. The van der Waals surface area contributed by atoms with Crippen LogP contribution in [0.5, 0.6) is 0 Å². The normalized spacial score (nSPS) is 29.4. The predicted molar refractivity (Wildman–Crippen MR) is 71.2 cm³/mol. The topological polar surface area (TPSA) is 70.2 Å². The molecule has 3 amide bonds. The monoisotopic (exact) mass is 255 g/mol. The number of hydrogen-bond acceptors (Lipinski definition) is 3. The van der Waals surface area contributed by atoms with Gasteiger partial charge < -0.3 is 10.6 Å². The van der Waals surface area contributed by atoms with Crippen LogP contribution >= 0.6 is 0 Å². The minimum absolute atomic E-state index is 0.278. The fraction of sp³-hybridized carbons (Fsp3) is 0.846. The molecule has 0 radical (unpaired) electrons. The SMILES string of the molecule is CNC(=O)NC(=O)C(C)NC1CCCC(C)C1C. The van der Waals surface area contributed by atoms with Crippen molar-refractivity contribution in [2.45, 2.75) is 52.1 Å². The van der Waals surface area contributed by atoms with Crippen LogP contribution in [0, 0.1) is 11.8 Å². The largest absolute Gasteiger partial charge is 0.341 e. The summed E-state index contributed by atoms with van der Waals surface area (Å²) in [5.74, 6) is 0.972. The summed E-state index contributed by atoms with van der Waals surface area (Å²) in [7, 11) is 1.49. The van der Waals surface area contributed by atoms with E-state index < -0.39 is 6.03 Å². The zero-order valence-electron chi connectivity index (χ0n) is 11.7. The van der Waals surface area contributed by atoms with Gasteiger partial charge >= 0.3 is 6.03 Å². The average Bonchev–Trinajstić information content (AvgIpc) is 2.34. The van der Waals surface area contributed by atoms with Gasteiger partial charge in [-0.2, -0.15) is 0 Å². The van der Waals surface area contributed by atoms with Crippen molar-refractivity contribution < 1.29 is 9.59 Å². The molecule has 0 spiro atoms. The molecule has 1 fully saturated rings. The molecule has 5 nitrogen and oxygen atoms in total. The van der Waals surface area contributed by atoms with Gasteiger partial charge in [0.15, 0.2) is 0 Å². The van der Waals surface area contributed by atoms with Crippen LogP contribution in [0.1, 0.15) is 40.0 Å². The molecule has 1 saturated carbocycles. The highest BCUT2D eigenvalue weighted by Gasteiger charge is 2.29. The van der Waals surface area contributed by atoms with Gasteiger partial charge in [-0.05, 0) is 25.2 Å². The zero-order chi connectivity index (χ0) is 13.7. The lowest BCUT2D eigenvalue weighted by atomic mass is 9.78. The maximum atomic E-state index is 11.7. The van der Waals surface area contributed by atoms with Crippen molar-refractivity contribution in [3.8, 4) is 0 Å². The van der Waals surface area contributed by atoms with Gasteiger partial charge in [0.25, 0.3) is 0 Å². The van der Waals surface area contributed by atoms with Crippen LogP contribution in [0.2, 0.25) is 0 Å². The quantitative estimate of drug-likeness (QED) is 0.710. The lowest BCUT2D eigenvalue weighted by molar-refractivity contribution is -0.122. The van der Waals surface area contributed by atoms with E-state index in [2.05, 4.69) is 29.8 Å². The highest BCUT2D eigenvalue weighted by Crippen LogP contribution is 2.29. The van der Waals surface area contributed by atoms with E-state index in [1.54, 1.807) is 6.92 Å². The first kappa shape index (κ1) is 15.0. The molecule has 1 rings (SSSR count). The molecular formula is C13H25N3O2. The van der Waals surface area contributed by atoms with E-state index in [0.717, 1.165) is 6.42 Å². The van der Waals surface area contributed by atoms with Crippen LogP contribution in [0.4, 0.5) is 4.79 Å². The number of hydrogen-bond donors (Lipinski definition) is 3. The van der Waals surface area contributed by atoms with Gasteiger partial charge in [0.1, 0.15) is 0 Å². The second kappa shape index (κ2) is 6.73. The maximum absolute atomic E-state index is 11.7. The Bertz CT molecular complexity index is 307. The summed E-state index contributed by atoms with van der Waals surface area (Å²) in [6.45, 7) is 6.28. The van der Waals surface area contributed by atoms with Crippen molar-refractivity contribution in [1.29, 1.82) is 0 Å². The van der Waals surface area contributed by atoms with Gasteiger partial charge in [0.05, 0.1) is 6.04 Å². The zero-order valence-corrected chi connectivity index (χ0v) is 11.7. The third-order valence-corrected chi connectivity index (χ3v) is 4.03. The first-order chi connectivity index (χ1) is 8.45. The van der Waals surface area contributed by atoms with Crippen LogP contribution in [0.15, 0.2) is 0 Å². The molecule has 1 aliphatic rings. The molecule has 4 atom stereocenters. The lowest BCUT2D eigenvalue weighted by Gasteiger charge is -2.36. The summed E-state index contributed by atoms with van der Waals surface area (Å²) in [4.78, 5) is 22.8. The Balaban J connectivity index is 2.45. The van der Waals surface area contributed by atoms with Crippen molar-refractivity contribution in [2.24, 2.45) is 11.8 Å². The molecule has 3 N–H and O–H groups in total. The van der Waals surface area contributed by atoms with Gasteiger partial charge in [0, 0.05) is 13.1 Å². The minimum atomic E-state index is -0.460. The molecule has 0 aromatic rings. The Labute approximate surface area is 109 Å². The molecule has 0 aromatic carbocycles. The fourth-order valence-corrected chi connectivity index (χ4v) is 2.50. The van der Waals surface area contributed by atoms with E-state index in [9.17, 15) is 9.59 Å². The van der Waals surface area contributed by atoms with E-state index in [4.69, 9.17) is 0 Å². The summed E-state index contributed by atoms with van der Waals surface area (Å²) >= 11 is 0. The molecule has 104 valence electrons. The van der Waals surface area contributed by atoms with Crippen LogP contribution < -0.4 is 16.0 Å². The van der Waals surface area contributed by atoms with Crippen molar-refractivity contribution in [3.05, 3.63) is 0 Å². The molecule has 0 aromatic heterocycles. The highest BCUT2D eigenvalue weighted by molar-refractivity contribution is 5.96. The smallest absolute Gasteiger partial charge is 0.321 e. The van der Waals surface area contributed by atoms with Gasteiger partial charge in [-0.1, -0.05) is 26.7 Å². The fourth-order valence-electron chi connectivity index (χ4n) is 2.50. The van der Waals surface area contributed by atoms with Crippen molar-refractivity contribution >= 4 is 11.9 Å². The Morgan fingerprint density at radius 1 is 1.22 bits per heavy atom. The first-order valence-electron chi connectivity index (χ1n) is 6.74. The Morgan fingerprint density at radius 2 is 1.89 bits per heavy atom. The van der Waals surface area contributed by atoms with E-state index in [-0.39, 0.29) is 11.9 Å². The second-order valence-corrected chi connectivity index (χ2v) is 5.33. The van der Waals surface area contributed by atoms with Crippen LogP contribution in [-0.4, -0.2) is 31.1 Å². The number of urea groups is 1. The van der Waals surface area contributed by atoms with Crippen LogP contribution in [0.3, 0.4) is 0 Å². The minimum Gasteiger partial charge on any atom is -0.341 e. The predicted octanol–water partition coefficient (Wildman–Crippen LogP) is 1.24. The Hall–Kier alpha value is -1.10. The number of imide groups is 1. The van der Waals surface area contributed by atoms with Crippen molar-refractivity contribution in [1.82, 2.24) is 16.0 Å². The molecular weight excluding hydrogens is 230 g/mol. The molecule has 0 aliphatic heterocycles. The van der Waals surface area contributed by atoms with Crippen LogP contribution in [-0.2, 0) is 4.79 Å². The summed E-state index contributed by atoms with van der Waals surface area (Å²) in [5.41, 5.74) is 0. The number of carbonyl (C=O) groups excluding carboxylic acids is 2. The molecule has 0 bridgehead atoms. The number of nitrogens with one attached hydrogen (secondary N) is 3. The van der Waals surface area contributed by atoms with E-state index in [1.807, 2.05) is 0 Å². The number of carbonyl (C=O) groups is 2. The van der Waals surface area contributed by atoms with Crippen LogP contribution in [0.25, 0.3) is 0 Å². The van der Waals surface area contributed by atoms with E-state index >= 15 is 0 Å². The standard InChI is InChI=1S/C13H25N3O2/c1-8-6-5-7-11(9(8)2)15-10(3)12(17)16-13(18)14-4/h8-11,15H,5-7H2,1-4H3,(H2,14,16,17,18). The maximum Gasteiger partial charge on any atom is 0.321 e.